The normalized spacial score (nSPS) is 21.8. The second-order valence-corrected chi connectivity index (χ2v) is 9.91. The van der Waals surface area contributed by atoms with E-state index in [4.69, 9.17) is 10.5 Å². The third kappa shape index (κ3) is 5.73. The molecule has 0 radical (unpaired) electrons. The molecular weight excluding hydrogens is 520 g/mol. The third-order valence-corrected chi connectivity index (χ3v) is 7.18. The molecular formula is C26H32N8O6. The minimum absolute atomic E-state index is 0.0296. The first-order valence-corrected chi connectivity index (χ1v) is 13.2. The maximum Gasteiger partial charge on any atom is 0.251 e. The van der Waals surface area contributed by atoms with Crippen LogP contribution in [-0.2, 0) is 20.9 Å². The molecule has 212 valence electrons. The van der Waals surface area contributed by atoms with E-state index in [1.165, 1.54) is 17.2 Å². The Labute approximate surface area is 229 Å². The van der Waals surface area contributed by atoms with Crippen LogP contribution in [0.15, 0.2) is 30.9 Å². The van der Waals surface area contributed by atoms with E-state index in [1.54, 1.807) is 18.2 Å². The van der Waals surface area contributed by atoms with E-state index < -0.39 is 24.5 Å². The van der Waals surface area contributed by atoms with Gasteiger partial charge in [-0.25, -0.2) is 15.0 Å². The molecule has 3 aromatic rings. The van der Waals surface area contributed by atoms with Gasteiger partial charge in [-0.15, -0.1) is 0 Å². The van der Waals surface area contributed by atoms with Gasteiger partial charge in [-0.2, -0.15) is 0 Å². The Morgan fingerprint density at radius 3 is 2.65 bits per heavy atom. The number of aliphatic hydroxyl groups excluding tert-OH is 2. The molecule has 40 heavy (non-hydrogen) atoms. The summed E-state index contributed by atoms with van der Waals surface area (Å²) in [5.74, 6) is -0.245. The van der Waals surface area contributed by atoms with Crippen LogP contribution in [-0.4, -0.2) is 72.3 Å². The molecule has 0 aliphatic carbocycles. The van der Waals surface area contributed by atoms with E-state index in [9.17, 15) is 24.6 Å². The van der Waals surface area contributed by atoms with Crippen molar-refractivity contribution in [2.24, 2.45) is 0 Å². The van der Waals surface area contributed by atoms with Crippen LogP contribution in [0.5, 0.6) is 0 Å². The lowest BCUT2D eigenvalue weighted by Gasteiger charge is -2.16. The number of unbranched alkanes of at least 4 members (excludes halogenated alkanes) is 3. The van der Waals surface area contributed by atoms with E-state index in [0.717, 1.165) is 18.4 Å². The van der Waals surface area contributed by atoms with Gasteiger partial charge < -0.3 is 36.6 Å². The van der Waals surface area contributed by atoms with Crippen LogP contribution < -0.4 is 21.7 Å². The summed E-state index contributed by atoms with van der Waals surface area (Å²) in [5, 5.41) is 29.4. The molecule has 0 bridgehead atoms. The number of amides is 3. The largest absolute Gasteiger partial charge is 0.387 e. The molecule has 0 spiro atoms. The highest BCUT2D eigenvalue weighted by molar-refractivity contribution is 6.02. The lowest BCUT2D eigenvalue weighted by Crippen LogP contribution is -2.39. The lowest BCUT2D eigenvalue weighted by atomic mass is 10.1. The summed E-state index contributed by atoms with van der Waals surface area (Å²) in [6.07, 6.45) is 1.98. The number of carbonyl (C=O) groups excluding carboxylic acids is 3. The maximum atomic E-state index is 12.3. The van der Waals surface area contributed by atoms with Gasteiger partial charge in [0.25, 0.3) is 5.91 Å². The number of ether oxygens (including phenoxy) is 1. The molecule has 7 N–H and O–H groups in total. The number of anilines is 2. The molecule has 5 rings (SSSR count). The highest BCUT2D eigenvalue weighted by Crippen LogP contribution is 2.31. The first-order chi connectivity index (χ1) is 19.3. The molecule has 2 aromatic heterocycles. The zero-order chi connectivity index (χ0) is 28.2. The zero-order valence-corrected chi connectivity index (χ0v) is 21.7. The summed E-state index contributed by atoms with van der Waals surface area (Å²) in [6, 6.07) is 5.27. The molecule has 2 aliphatic heterocycles. The first-order valence-electron chi connectivity index (χ1n) is 13.2. The fourth-order valence-corrected chi connectivity index (χ4v) is 5.00. The van der Waals surface area contributed by atoms with Gasteiger partial charge in [0.15, 0.2) is 17.7 Å². The van der Waals surface area contributed by atoms with Gasteiger partial charge in [-0.1, -0.05) is 18.9 Å². The SMILES string of the molecule is Nc1ncnc2c1ncn2C1OC(CNC(=O)CCCCCCC(=O)Nc2cccc3c2CNC3=O)C(O)C1O. The number of nitrogen functional groups attached to an aromatic ring is 1. The maximum absolute atomic E-state index is 12.3. The van der Waals surface area contributed by atoms with E-state index >= 15 is 0 Å². The Morgan fingerprint density at radius 2 is 1.85 bits per heavy atom. The topological polar surface area (TPSA) is 207 Å². The minimum Gasteiger partial charge on any atom is -0.387 e. The van der Waals surface area contributed by atoms with Gasteiger partial charge >= 0.3 is 0 Å². The predicted molar refractivity (Wildman–Crippen MR) is 143 cm³/mol. The Morgan fingerprint density at radius 1 is 1.07 bits per heavy atom. The standard InChI is InChI=1S/C26H32N8O6/c27-23-20-24(31-12-30-23)34(13-32-20)26-22(38)21(37)17(40-26)11-28-18(35)8-3-1-2-4-9-19(36)33-16-7-5-6-14-15(16)10-29-25(14)39/h5-7,12-13,17,21-22,26,37-38H,1-4,8-11H2,(H,28,35)(H,29,39)(H,33,36)(H2,27,30,31). The van der Waals surface area contributed by atoms with Crippen molar-refractivity contribution in [1.82, 2.24) is 30.2 Å². The summed E-state index contributed by atoms with van der Waals surface area (Å²) in [7, 11) is 0. The lowest BCUT2D eigenvalue weighted by molar-refractivity contribution is -0.122. The van der Waals surface area contributed by atoms with Crippen molar-refractivity contribution in [1.29, 1.82) is 0 Å². The monoisotopic (exact) mass is 552 g/mol. The number of aromatic nitrogens is 4. The molecule has 4 atom stereocenters. The van der Waals surface area contributed by atoms with Gasteiger partial charge in [0, 0.05) is 42.7 Å². The summed E-state index contributed by atoms with van der Waals surface area (Å²) in [6.45, 7) is 0.439. The molecule has 1 fully saturated rings. The molecule has 4 heterocycles. The third-order valence-electron chi connectivity index (χ3n) is 7.18. The van der Waals surface area contributed by atoms with Gasteiger partial charge in [-0.05, 0) is 25.0 Å². The molecule has 2 aliphatic rings. The second kappa shape index (κ2) is 11.9. The van der Waals surface area contributed by atoms with Gasteiger partial charge in [-0.3, -0.25) is 19.0 Å². The van der Waals surface area contributed by atoms with Gasteiger partial charge in [0.2, 0.25) is 11.8 Å². The molecule has 14 heteroatoms. The molecule has 14 nitrogen and oxygen atoms in total. The van der Waals surface area contributed by atoms with Gasteiger partial charge in [0.1, 0.15) is 30.2 Å². The van der Waals surface area contributed by atoms with Crippen LogP contribution in [0.2, 0.25) is 0 Å². The number of benzene rings is 1. The van der Waals surface area contributed by atoms with Crippen molar-refractivity contribution in [3.8, 4) is 0 Å². The molecule has 0 saturated carbocycles. The van der Waals surface area contributed by atoms with E-state index in [0.29, 0.717) is 54.6 Å². The highest BCUT2D eigenvalue weighted by atomic mass is 16.6. The van der Waals surface area contributed by atoms with E-state index in [1.807, 2.05) is 0 Å². The van der Waals surface area contributed by atoms with Crippen LogP contribution in [0, 0.1) is 0 Å². The highest BCUT2D eigenvalue weighted by Gasteiger charge is 2.44. The number of nitrogens with two attached hydrogens (primary N) is 1. The summed E-state index contributed by atoms with van der Waals surface area (Å²) >= 11 is 0. The Kier molecular flexibility index (Phi) is 8.19. The average molecular weight is 553 g/mol. The average Bonchev–Trinajstić information content (AvgIpc) is 3.62. The fraction of sp³-hybridized carbons (Fsp3) is 0.462. The van der Waals surface area contributed by atoms with Gasteiger partial charge in [0.05, 0.1) is 6.33 Å². The zero-order valence-electron chi connectivity index (χ0n) is 21.7. The van der Waals surface area contributed by atoms with Crippen molar-refractivity contribution in [3.63, 3.8) is 0 Å². The Bertz CT molecular complexity index is 1410. The van der Waals surface area contributed by atoms with Crippen molar-refractivity contribution < 1.29 is 29.3 Å². The van der Waals surface area contributed by atoms with E-state index in [2.05, 4.69) is 30.9 Å². The van der Waals surface area contributed by atoms with Crippen molar-refractivity contribution >= 4 is 40.4 Å². The van der Waals surface area contributed by atoms with E-state index in [-0.39, 0.29) is 30.1 Å². The molecule has 1 aromatic carbocycles. The number of fused-ring (bicyclic) bond motifs is 2. The number of hydrogen-bond donors (Lipinski definition) is 6. The fourth-order valence-electron chi connectivity index (χ4n) is 5.00. The van der Waals surface area contributed by atoms with Crippen molar-refractivity contribution in [2.75, 3.05) is 17.6 Å². The van der Waals surface area contributed by atoms with Crippen LogP contribution >= 0.6 is 0 Å². The van der Waals surface area contributed by atoms with Crippen LogP contribution in [0.3, 0.4) is 0 Å². The van der Waals surface area contributed by atoms with Crippen molar-refractivity contribution in [3.05, 3.63) is 42.0 Å². The van der Waals surface area contributed by atoms with Crippen molar-refractivity contribution in [2.45, 2.75) is 69.6 Å². The number of rotatable bonds is 11. The summed E-state index contributed by atoms with van der Waals surface area (Å²) in [5.41, 5.74) is 8.59. The van der Waals surface area contributed by atoms with Crippen LogP contribution in [0.25, 0.3) is 11.2 Å². The summed E-state index contributed by atoms with van der Waals surface area (Å²) in [4.78, 5) is 48.6. The molecule has 4 unspecified atom stereocenters. The molecule has 1 saturated heterocycles. The summed E-state index contributed by atoms with van der Waals surface area (Å²) < 4.78 is 7.31. The number of carbonyl (C=O) groups is 3. The van der Waals surface area contributed by atoms with Crippen LogP contribution in [0.4, 0.5) is 11.5 Å². The predicted octanol–water partition coefficient (Wildman–Crippen LogP) is 0.367. The quantitative estimate of drug-likeness (QED) is 0.180. The molecule has 3 amide bonds. The van der Waals surface area contributed by atoms with Crippen LogP contribution in [0.1, 0.15) is 60.7 Å². The number of imidazole rings is 1. The Hall–Kier alpha value is -4.14. The number of hydrogen-bond acceptors (Lipinski definition) is 10. The second-order valence-electron chi connectivity index (χ2n) is 9.91. The minimum atomic E-state index is -1.25. The smallest absolute Gasteiger partial charge is 0.251 e. The Balaban J connectivity index is 0.987. The number of nitrogens with zero attached hydrogens (tertiary/aromatic N) is 4. The number of aliphatic hydroxyl groups is 2. The number of nitrogens with one attached hydrogen (secondary N) is 3. The first kappa shape index (κ1) is 27.4.